The van der Waals surface area contributed by atoms with E-state index in [0.29, 0.717) is 11.4 Å². The second-order valence-corrected chi connectivity index (χ2v) is 5.69. The smallest absolute Gasteiger partial charge is 0.0957 e. The highest BCUT2D eigenvalue weighted by molar-refractivity contribution is 6.25. The lowest BCUT2D eigenvalue weighted by Crippen LogP contribution is -2.19. The van der Waals surface area contributed by atoms with Crippen molar-refractivity contribution in [3.63, 3.8) is 0 Å². The van der Waals surface area contributed by atoms with Gasteiger partial charge in [-0.25, -0.2) is 0 Å². The van der Waals surface area contributed by atoms with E-state index in [1.54, 1.807) is 0 Å². The van der Waals surface area contributed by atoms with Crippen LogP contribution in [0.5, 0.6) is 0 Å². The summed E-state index contributed by atoms with van der Waals surface area (Å²) in [5.41, 5.74) is 12.1. The van der Waals surface area contributed by atoms with Gasteiger partial charge in [-0.3, -0.25) is 5.41 Å². The minimum absolute atomic E-state index is 0.454. The van der Waals surface area contributed by atoms with Gasteiger partial charge in [0.1, 0.15) is 0 Å². The van der Waals surface area contributed by atoms with E-state index >= 15 is 0 Å². The third kappa shape index (κ3) is 2.18. The second kappa shape index (κ2) is 5.70. The number of anilines is 2. The molecule has 3 nitrogen and oxygen atoms in total. The Morgan fingerprint density at radius 1 is 0.750 bits per heavy atom. The van der Waals surface area contributed by atoms with Crippen molar-refractivity contribution in [3.05, 3.63) is 102 Å². The first kappa shape index (κ1) is 14.3. The number of benzene rings is 3. The summed E-state index contributed by atoms with van der Waals surface area (Å²) in [4.78, 5) is 2.07. The lowest BCUT2D eigenvalue weighted by Gasteiger charge is -2.23. The summed E-state index contributed by atoms with van der Waals surface area (Å²) in [6.07, 6.45) is 0. The van der Waals surface area contributed by atoms with E-state index < -0.39 is 0 Å². The third-order valence-corrected chi connectivity index (χ3v) is 4.23. The first-order valence-electron chi connectivity index (χ1n) is 7.86. The highest BCUT2D eigenvalue weighted by atomic mass is 15.2. The first-order chi connectivity index (χ1) is 11.8. The predicted octanol–water partition coefficient (Wildman–Crippen LogP) is 4.53. The van der Waals surface area contributed by atoms with Crippen LogP contribution in [0.3, 0.4) is 0 Å². The van der Waals surface area contributed by atoms with E-state index in [1.807, 2.05) is 84.9 Å². The quantitative estimate of drug-likeness (QED) is 0.730. The summed E-state index contributed by atoms with van der Waals surface area (Å²) < 4.78 is 0. The number of allylic oxidation sites excluding steroid dienone is 1. The van der Waals surface area contributed by atoms with Crippen LogP contribution >= 0.6 is 0 Å². The number of hydrogen-bond acceptors (Lipinski definition) is 3. The number of nitrogens with two attached hydrogens (primary N) is 1. The number of rotatable bonds is 2. The summed E-state index contributed by atoms with van der Waals surface area (Å²) in [6, 6.07) is 27.8. The van der Waals surface area contributed by atoms with Crippen LogP contribution in [0.25, 0.3) is 5.70 Å². The van der Waals surface area contributed by atoms with Crippen LogP contribution in [-0.2, 0) is 0 Å². The highest BCUT2D eigenvalue weighted by Crippen LogP contribution is 2.41. The lowest BCUT2D eigenvalue weighted by molar-refractivity contribution is 1.25. The van der Waals surface area contributed by atoms with Crippen molar-refractivity contribution in [3.8, 4) is 0 Å². The van der Waals surface area contributed by atoms with Crippen LogP contribution in [0.15, 0.2) is 90.6 Å². The first-order valence-corrected chi connectivity index (χ1v) is 7.86. The molecule has 3 aromatic carbocycles. The maximum atomic E-state index is 8.67. The molecule has 0 fully saturated rings. The van der Waals surface area contributed by atoms with Gasteiger partial charge in [-0.1, -0.05) is 66.7 Å². The SMILES string of the molecule is N=C1/C(=C(\N)c2ccccc2)N(c2ccccc2)c2ccccc21. The molecule has 1 heterocycles. The fourth-order valence-electron chi connectivity index (χ4n) is 3.09. The molecule has 24 heavy (non-hydrogen) atoms. The molecule has 0 aromatic heterocycles. The summed E-state index contributed by atoms with van der Waals surface area (Å²) >= 11 is 0. The number of nitrogens with zero attached hydrogens (tertiary/aromatic N) is 1. The zero-order chi connectivity index (χ0) is 16.5. The van der Waals surface area contributed by atoms with Gasteiger partial charge in [0.2, 0.25) is 0 Å². The van der Waals surface area contributed by atoms with Gasteiger partial charge in [-0.15, -0.1) is 0 Å². The van der Waals surface area contributed by atoms with E-state index in [4.69, 9.17) is 11.1 Å². The molecular formula is C21H17N3. The van der Waals surface area contributed by atoms with Crippen molar-refractivity contribution in [2.24, 2.45) is 5.73 Å². The van der Waals surface area contributed by atoms with Crippen molar-refractivity contribution in [1.82, 2.24) is 0 Å². The van der Waals surface area contributed by atoms with Crippen LogP contribution in [0.2, 0.25) is 0 Å². The summed E-state index contributed by atoms with van der Waals surface area (Å²) in [5.74, 6) is 0. The molecule has 0 bridgehead atoms. The molecule has 1 aliphatic rings. The Morgan fingerprint density at radius 3 is 2.04 bits per heavy atom. The zero-order valence-corrected chi connectivity index (χ0v) is 13.1. The minimum atomic E-state index is 0.454. The van der Waals surface area contributed by atoms with Gasteiger partial charge < -0.3 is 10.6 Å². The summed E-state index contributed by atoms with van der Waals surface area (Å²) in [6.45, 7) is 0. The van der Waals surface area contributed by atoms with Gasteiger partial charge in [0.15, 0.2) is 0 Å². The molecular weight excluding hydrogens is 294 g/mol. The van der Waals surface area contributed by atoms with Crippen molar-refractivity contribution < 1.29 is 0 Å². The maximum Gasteiger partial charge on any atom is 0.0957 e. The number of hydrogen-bond donors (Lipinski definition) is 2. The van der Waals surface area contributed by atoms with Gasteiger partial charge >= 0.3 is 0 Å². The van der Waals surface area contributed by atoms with Crippen LogP contribution < -0.4 is 10.6 Å². The predicted molar refractivity (Wildman–Crippen MR) is 99.4 cm³/mol. The molecule has 1 aliphatic heterocycles. The summed E-state index contributed by atoms with van der Waals surface area (Å²) in [7, 11) is 0. The average Bonchev–Trinajstić information content (AvgIpc) is 2.95. The van der Waals surface area contributed by atoms with Crippen molar-refractivity contribution >= 4 is 22.8 Å². The number of nitrogens with one attached hydrogen (secondary N) is 1. The molecule has 3 heteroatoms. The number of fused-ring (bicyclic) bond motifs is 1. The minimum Gasteiger partial charge on any atom is -0.396 e. The third-order valence-electron chi connectivity index (χ3n) is 4.23. The Hall–Kier alpha value is -3.33. The molecule has 4 rings (SSSR count). The van der Waals surface area contributed by atoms with Gasteiger partial charge in [-0.05, 0) is 23.8 Å². The van der Waals surface area contributed by atoms with Crippen LogP contribution in [0.4, 0.5) is 11.4 Å². The van der Waals surface area contributed by atoms with Crippen LogP contribution in [0.1, 0.15) is 11.1 Å². The van der Waals surface area contributed by atoms with E-state index in [9.17, 15) is 0 Å². The largest absolute Gasteiger partial charge is 0.396 e. The Bertz CT molecular complexity index is 928. The van der Waals surface area contributed by atoms with Gasteiger partial charge in [-0.2, -0.15) is 0 Å². The molecule has 0 saturated heterocycles. The van der Waals surface area contributed by atoms with Gasteiger partial charge in [0, 0.05) is 11.3 Å². The Balaban J connectivity index is 1.97. The summed E-state index contributed by atoms with van der Waals surface area (Å²) in [5, 5.41) is 8.67. The van der Waals surface area contributed by atoms with E-state index in [1.165, 1.54) is 0 Å². The molecule has 0 saturated carbocycles. The van der Waals surface area contributed by atoms with Crippen LogP contribution in [0, 0.1) is 5.41 Å². The lowest BCUT2D eigenvalue weighted by atomic mass is 10.1. The highest BCUT2D eigenvalue weighted by Gasteiger charge is 2.32. The molecule has 0 spiro atoms. The zero-order valence-electron chi connectivity index (χ0n) is 13.1. The van der Waals surface area contributed by atoms with Gasteiger partial charge in [0.05, 0.1) is 22.8 Å². The average molecular weight is 311 g/mol. The molecule has 0 atom stereocenters. The fourth-order valence-corrected chi connectivity index (χ4v) is 3.09. The van der Waals surface area contributed by atoms with Crippen molar-refractivity contribution in [2.45, 2.75) is 0 Å². The van der Waals surface area contributed by atoms with E-state index in [-0.39, 0.29) is 0 Å². The fraction of sp³-hybridized carbons (Fsp3) is 0. The monoisotopic (exact) mass is 311 g/mol. The van der Waals surface area contributed by atoms with E-state index in [0.717, 1.165) is 28.2 Å². The second-order valence-electron chi connectivity index (χ2n) is 5.69. The van der Waals surface area contributed by atoms with E-state index in [2.05, 4.69) is 4.90 Å². The molecule has 0 unspecified atom stereocenters. The molecule has 116 valence electrons. The van der Waals surface area contributed by atoms with Crippen molar-refractivity contribution in [1.29, 1.82) is 5.41 Å². The Labute approximate surface area is 141 Å². The maximum absolute atomic E-state index is 8.67. The van der Waals surface area contributed by atoms with Crippen molar-refractivity contribution in [2.75, 3.05) is 4.90 Å². The molecule has 0 aliphatic carbocycles. The molecule has 3 N–H and O–H groups in total. The Morgan fingerprint density at radius 2 is 1.33 bits per heavy atom. The normalized spacial score (nSPS) is 15.3. The standard InChI is InChI=1S/C21H17N3/c22-19(15-9-3-1-4-10-15)21-20(23)17-13-7-8-14-18(17)24(21)16-11-5-2-6-12-16/h1-14,23H,22H2/b21-19+,23-20?. The number of para-hydroxylation sites is 2. The molecule has 0 radical (unpaired) electrons. The Kier molecular flexibility index (Phi) is 3.39. The van der Waals surface area contributed by atoms with Crippen LogP contribution in [-0.4, -0.2) is 5.71 Å². The molecule has 3 aromatic rings. The topological polar surface area (TPSA) is 53.1 Å². The van der Waals surface area contributed by atoms with Gasteiger partial charge in [0.25, 0.3) is 0 Å². The molecule has 0 amide bonds.